The first-order chi connectivity index (χ1) is 12.5. The monoisotopic (exact) mass is 377 g/mol. The van der Waals surface area contributed by atoms with Crippen LogP contribution >= 0.6 is 11.3 Å². The summed E-state index contributed by atoms with van der Waals surface area (Å²) in [6.45, 7) is 1.77. The number of nitrogens with zero attached hydrogens (tertiary/aromatic N) is 1. The number of guanidine groups is 1. The second-order valence-electron chi connectivity index (χ2n) is 5.19. The Morgan fingerprint density at radius 1 is 1.19 bits per heavy atom. The van der Waals surface area contributed by atoms with E-state index in [9.17, 15) is 0 Å². The van der Waals surface area contributed by atoms with Crippen LogP contribution in [0.5, 0.6) is 5.06 Å². The van der Waals surface area contributed by atoms with Crippen LogP contribution in [0, 0.1) is 0 Å². The highest BCUT2D eigenvalue weighted by Gasteiger charge is 2.06. The van der Waals surface area contributed by atoms with Crippen LogP contribution in [0.4, 0.5) is 5.69 Å². The van der Waals surface area contributed by atoms with Gasteiger partial charge < -0.3 is 25.6 Å². The minimum atomic E-state index is -1.82. The SMILES string of the molecule is COc1ccc(Cc2ccc(NC3=NCCN3)cc2)s1.O=C(O)C(=O)O. The first kappa shape index (κ1) is 19.3. The Bertz CT molecular complexity index is 774. The van der Waals surface area contributed by atoms with Crippen LogP contribution in [0.3, 0.4) is 0 Å². The van der Waals surface area contributed by atoms with Crippen molar-refractivity contribution in [2.45, 2.75) is 6.42 Å². The summed E-state index contributed by atoms with van der Waals surface area (Å²) in [7, 11) is 1.70. The highest BCUT2D eigenvalue weighted by molar-refractivity contribution is 7.13. The lowest BCUT2D eigenvalue weighted by molar-refractivity contribution is -0.159. The van der Waals surface area contributed by atoms with E-state index in [0.717, 1.165) is 36.2 Å². The molecule has 0 atom stereocenters. The summed E-state index contributed by atoms with van der Waals surface area (Å²) in [5.41, 5.74) is 2.35. The quantitative estimate of drug-likeness (QED) is 0.600. The van der Waals surface area contributed by atoms with Gasteiger partial charge in [0.2, 0.25) is 0 Å². The molecule has 1 aliphatic rings. The van der Waals surface area contributed by atoms with Crippen LogP contribution in [0.2, 0.25) is 0 Å². The summed E-state index contributed by atoms with van der Waals surface area (Å²) < 4.78 is 5.21. The Hall–Kier alpha value is -3.07. The predicted molar refractivity (Wildman–Crippen MR) is 99.3 cm³/mol. The van der Waals surface area contributed by atoms with Gasteiger partial charge in [-0.3, -0.25) is 4.99 Å². The van der Waals surface area contributed by atoms with Gasteiger partial charge in [-0.25, -0.2) is 9.59 Å². The lowest BCUT2D eigenvalue weighted by atomic mass is 10.1. The van der Waals surface area contributed by atoms with E-state index < -0.39 is 11.9 Å². The zero-order chi connectivity index (χ0) is 18.9. The molecule has 8 nitrogen and oxygen atoms in total. The van der Waals surface area contributed by atoms with Crippen molar-refractivity contribution in [3.05, 3.63) is 46.8 Å². The number of carbonyl (C=O) groups is 2. The fraction of sp³-hybridized carbons (Fsp3) is 0.235. The second-order valence-corrected chi connectivity index (χ2v) is 6.32. The maximum atomic E-state index is 9.10. The number of nitrogens with one attached hydrogen (secondary N) is 2. The summed E-state index contributed by atoms with van der Waals surface area (Å²) in [4.78, 5) is 23.8. The molecule has 9 heteroatoms. The van der Waals surface area contributed by atoms with Crippen molar-refractivity contribution >= 4 is 34.9 Å². The topological polar surface area (TPSA) is 120 Å². The number of thiophene rings is 1. The van der Waals surface area contributed by atoms with Crippen LogP contribution in [-0.4, -0.2) is 48.3 Å². The molecule has 2 aromatic rings. The van der Waals surface area contributed by atoms with E-state index in [2.05, 4.69) is 46.0 Å². The fourth-order valence-electron chi connectivity index (χ4n) is 2.09. The summed E-state index contributed by atoms with van der Waals surface area (Å²) in [6, 6.07) is 12.6. The van der Waals surface area contributed by atoms with Gasteiger partial charge in [-0.1, -0.05) is 12.1 Å². The van der Waals surface area contributed by atoms with Crippen LogP contribution in [0.15, 0.2) is 41.4 Å². The van der Waals surface area contributed by atoms with Crippen LogP contribution in [-0.2, 0) is 16.0 Å². The Morgan fingerprint density at radius 2 is 1.88 bits per heavy atom. The molecule has 1 aromatic carbocycles. The average molecular weight is 377 g/mol. The second kappa shape index (κ2) is 9.42. The smallest absolute Gasteiger partial charge is 0.414 e. The number of carboxylic acids is 2. The third-order valence-electron chi connectivity index (χ3n) is 3.29. The van der Waals surface area contributed by atoms with Gasteiger partial charge in [0.15, 0.2) is 11.0 Å². The van der Waals surface area contributed by atoms with Gasteiger partial charge in [-0.15, -0.1) is 11.3 Å². The maximum absolute atomic E-state index is 9.10. The zero-order valence-electron chi connectivity index (χ0n) is 14.1. The maximum Gasteiger partial charge on any atom is 0.414 e. The molecule has 0 unspecified atom stereocenters. The highest BCUT2D eigenvalue weighted by atomic mass is 32.1. The van der Waals surface area contributed by atoms with E-state index in [1.807, 2.05) is 6.07 Å². The third-order valence-corrected chi connectivity index (χ3v) is 4.34. The molecule has 0 radical (unpaired) electrons. The van der Waals surface area contributed by atoms with Crippen molar-refractivity contribution in [1.29, 1.82) is 0 Å². The fourth-order valence-corrected chi connectivity index (χ4v) is 2.94. The lowest BCUT2D eigenvalue weighted by Gasteiger charge is -2.07. The molecule has 0 spiro atoms. The molecule has 138 valence electrons. The molecular weight excluding hydrogens is 358 g/mol. The molecule has 0 aliphatic carbocycles. The lowest BCUT2D eigenvalue weighted by Crippen LogP contribution is -2.26. The Kier molecular flexibility index (Phi) is 6.98. The summed E-state index contributed by atoms with van der Waals surface area (Å²) >= 11 is 1.69. The van der Waals surface area contributed by atoms with Gasteiger partial charge in [-0.05, 0) is 29.8 Å². The summed E-state index contributed by atoms with van der Waals surface area (Å²) in [6.07, 6.45) is 0.938. The zero-order valence-corrected chi connectivity index (χ0v) is 14.9. The number of aliphatic carboxylic acids is 2. The number of methoxy groups -OCH3 is 1. The van der Waals surface area contributed by atoms with Crippen molar-refractivity contribution < 1.29 is 24.5 Å². The predicted octanol–water partition coefficient (Wildman–Crippen LogP) is 1.87. The first-order valence-electron chi connectivity index (χ1n) is 7.71. The number of hydrogen-bond donors (Lipinski definition) is 4. The van der Waals surface area contributed by atoms with E-state index in [-0.39, 0.29) is 0 Å². The van der Waals surface area contributed by atoms with Gasteiger partial charge in [0.25, 0.3) is 0 Å². The van der Waals surface area contributed by atoms with Crippen molar-refractivity contribution in [3.8, 4) is 5.06 Å². The highest BCUT2D eigenvalue weighted by Crippen LogP contribution is 2.26. The number of anilines is 1. The number of ether oxygens (including phenoxy) is 1. The molecule has 0 fully saturated rings. The molecule has 26 heavy (non-hydrogen) atoms. The average Bonchev–Trinajstić information content (AvgIpc) is 3.29. The molecule has 0 saturated heterocycles. The van der Waals surface area contributed by atoms with Crippen molar-refractivity contribution in [3.63, 3.8) is 0 Å². The molecule has 0 saturated carbocycles. The molecule has 3 rings (SSSR count). The van der Waals surface area contributed by atoms with Crippen molar-refractivity contribution in [2.24, 2.45) is 4.99 Å². The van der Waals surface area contributed by atoms with E-state index in [4.69, 9.17) is 24.5 Å². The third kappa shape index (κ3) is 6.10. The molecule has 0 amide bonds. The summed E-state index contributed by atoms with van der Waals surface area (Å²) in [5.74, 6) is -2.79. The Morgan fingerprint density at radius 3 is 2.38 bits per heavy atom. The normalized spacial score (nSPS) is 12.3. The van der Waals surface area contributed by atoms with E-state index in [1.54, 1.807) is 18.4 Å². The van der Waals surface area contributed by atoms with Gasteiger partial charge in [0.05, 0.1) is 13.7 Å². The van der Waals surface area contributed by atoms with E-state index >= 15 is 0 Å². The minimum absolute atomic E-state index is 0.848. The molecule has 1 aromatic heterocycles. The largest absolute Gasteiger partial charge is 0.487 e. The van der Waals surface area contributed by atoms with Gasteiger partial charge in [-0.2, -0.15) is 0 Å². The summed E-state index contributed by atoms with van der Waals surface area (Å²) in [5, 5.41) is 22.2. The van der Waals surface area contributed by atoms with Gasteiger partial charge >= 0.3 is 11.9 Å². The van der Waals surface area contributed by atoms with Gasteiger partial charge in [0, 0.05) is 23.5 Å². The van der Waals surface area contributed by atoms with Crippen molar-refractivity contribution in [2.75, 3.05) is 25.5 Å². The minimum Gasteiger partial charge on any atom is -0.487 e. The van der Waals surface area contributed by atoms with Crippen LogP contribution < -0.4 is 15.4 Å². The van der Waals surface area contributed by atoms with E-state index in [1.165, 1.54) is 10.4 Å². The molecule has 0 bridgehead atoms. The number of carboxylic acid groups (broad SMARTS) is 2. The molecule has 2 heterocycles. The Balaban J connectivity index is 0.000000352. The molecule has 4 N–H and O–H groups in total. The number of benzene rings is 1. The molecular formula is C17H19N3O5S. The van der Waals surface area contributed by atoms with Crippen LogP contribution in [0.25, 0.3) is 0 Å². The Labute approximate surface area is 154 Å². The van der Waals surface area contributed by atoms with E-state index in [0.29, 0.717) is 0 Å². The molecule has 1 aliphatic heterocycles. The van der Waals surface area contributed by atoms with Gasteiger partial charge in [0.1, 0.15) is 0 Å². The van der Waals surface area contributed by atoms with Crippen LogP contribution in [0.1, 0.15) is 10.4 Å². The number of aliphatic imine (C=N–C) groups is 1. The number of hydrogen-bond acceptors (Lipinski definition) is 7. The first-order valence-corrected chi connectivity index (χ1v) is 8.53. The number of rotatable bonds is 4. The standard InChI is InChI=1S/C15H17N3OS.C2H2O4/c1-19-14-7-6-13(20-14)10-11-2-4-12(5-3-11)18-15-16-8-9-17-15;3-1(4)2(5)6/h2-7H,8-10H2,1H3,(H2,16,17,18);(H,3,4)(H,5,6). The van der Waals surface area contributed by atoms with Crippen molar-refractivity contribution in [1.82, 2.24) is 5.32 Å².